The molecule has 0 aliphatic carbocycles. The molecule has 3 rings (SSSR count). The molecule has 3 aromatic rings. The van der Waals surface area contributed by atoms with Crippen LogP contribution in [0.5, 0.6) is 11.5 Å². The van der Waals surface area contributed by atoms with Crippen molar-refractivity contribution in [2.75, 3.05) is 31.6 Å². The first-order valence-corrected chi connectivity index (χ1v) is 14.1. The summed E-state index contributed by atoms with van der Waals surface area (Å²) in [7, 11) is -1.34. The van der Waals surface area contributed by atoms with Gasteiger partial charge < -0.3 is 19.7 Å². The highest BCUT2D eigenvalue weighted by atomic mass is 32.2. The van der Waals surface area contributed by atoms with E-state index in [1.807, 2.05) is 37.3 Å². The average Bonchev–Trinajstić information content (AvgIpc) is 2.96. The minimum absolute atomic E-state index is 0.00745. The molecule has 10 heteroatoms. The highest BCUT2D eigenvalue weighted by Gasteiger charge is 2.34. The zero-order valence-corrected chi connectivity index (χ0v) is 23.5. The highest BCUT2D eigenvalue weighted by Crippen LogP contribution is 2.36. The second-order valence-electron chi connectivity index (χ2n) is 8.69. The lowest BCUT2D eigenvalue weighted by Gasteiger charge is -2.33. The summed E-state index contributed by atoms with van der Waals surface area (Å²) in [6.07, 6.45) is 0.346. The fourth-order valence-corrected chi connectivity index (χ4v) is 5.65. The van der Waals surface area contributed by atoms with Crippen LogP contribution in [0.15, 0.2) is 83.8 Å². The maximum absolute atomic E-state index is 14.0. The first-order valence-electron chi connectivity index (χ1n) is 12.7. The van der Waals surface area contributed by atoms with E-state index in [0.717, 1.165) is 9.87 Å². The molecule has 0 saturated carbocycles. The van der Waals surface area contributed by atoms with Crippen molar-refractivity contribution < 1.29 is 27.5 Å². The van der Waals surface area contributed by atoms with Crippen LogP contribution < -0.4 is 19.1 Å². The Labute approximate surface area is 230 Å². The van der Waals surface area contributed by atoms with Gasteiger partial charge in [0.05, 0.1) is 24.8 Å². The second-order valence-corrected chi connectivity index (χ2v) is 10.6. The van der Waals surface area contributed by atoms with Gasteiger partial charge in [-0.15, -0.1) is 0 Å². The Morgan fingerprint density at radius 2 is 1.54 bits per heavy atom. The van der Waals surface area contributed by atoms with Crippen molar-refractivity contribution in [2.24, 2.45) is 0 Å². The number of likely N-dealkylation sites (N-methyl/N-ethyl adjacent to an activating group) is 1. The van der Waals surface area contributed by atoms with Crippen molar-refractivity contribution in [2.45, 2.75) is 37.8 Å². The van der Waals surface area contributed by atoms with Gasteiger partial charge in [-0.3, -0.25) is 13.9 Å². The normalized spacial score (nSPS) is 11.8. The molecule has 1 unspecified atom stereocenters. The second kappa shape index (κ2) is 13.7. The van der Waals surface area contributed by atoms with Crippen LogP contribution in [0.1, 0.15) is 25.8 Å². The molecule has 9 nitrogen and oxygen atoms in total. The topological polar surface area (TPSA) is 105 Å². The Bertz CT molecular complexity index is 1350. The molecule has 0 spiro atoms. The smallest absolute Gasteiger partial charge is 0.264 e. The van der Waals surface area contributed by atoms with Crippen LogP contribution in [0, 0.1) is 0 Å². The molecule has 0 heterocycles. The van der Waals surface area contributed by atoms with Gasteiger partial charge in [0.25, 0.3) is 10.0 Å². The molecule has 0 aliphatic rings. The summed E-state index contributed by atoms with van der Waals surface area (Å²) in [6.45, 7) is 3.58. The number of sulfonamides is 1. The zero-order valence-electron chi connectivity index (χ0n) is 22.7. The minimum atomic E-state index is -4.23. The molecule has 3 aromatic carbocycles. The lowest BCUT2D eigenvalue weighted by atomic mass is 10.1. The van der Waals surface area contributed by atoms with Crippen molar-refractivity contribution in [1.29, 1.82) is 0 Å². The molecule has 208 valence electrons. The zero-order chi connectivity index (χ0) is 28.4. The maximum Gasteiger partial charge on any atom is 0.264 e. The number of anilines is 1. The predicted molar refractivity (Wildman–Crippen MR) is 150 cm³/mol. The van der Waals surface area contributed by atoms with Gasteiger partial charge in [-0.05, 0) is 43.2 Å². The van der Waals surface area contributed by atoms with Gasteiger partial charge in [0.2, 0.25) is 11.8 Å². The number of carbonyl (C=O) groups is 2. The van der Waals surface area contributed by atoms with Crippen molar-refractivity contribution in [1.82, 2.24) is 10.2 Å². The van der Waals surface area contributed by atoms with Crippen molar-refractivity contribution in [3.63, 3.8) is 0 Å². The van der Waals surface area contributed by atoms with Crippen LogP contribution in [-0.4, -0.2) is 58.5 Å². The van der Waals surface area contributed by atoms with Gasteiger partial charge in [-0.1, -0.05) is 55.5 Å². The number of hydrogen-bond donors (Lipinski definition) is 1. The van der Waals surface area contributed by atoms with E-state index in [4.69, 9.17) is 9.47 Å². The van der Waals surface area contributed by atoms with E-state index in [1.54, 1.807) is 37.3 Å². The SMILES string of the molecule is CCNC(=O)C(CC)N(Cc1ccccc1)C(=O)CN(c1cc(OC)ccc1OC)S(=O)(=O)c1ccccc1. The number of methoxy groups -OCH3 is 2. The van der Waals surface area contributed by atoms with E-state index in [0.29, 0.717) is 18.7 Å². The van der Waals surface area contributed by atoms with Crippen LogP contribution >= 0.6 is 0 Å². The molecule has 1 atom stereocenters. The summed E-state index contributed by atoms with van der Waals surface area (Å²) < 4.78 is 39.8. The summed E-state index contributed by atoms with van der Waals surface area (Å²) in [5, 5.41) is 2.79. The number of nitrogens with zero attached hydrogens (tertiary/aromatic N) is 2. The fraction of sp³-hybridized carbons (Fsp3) is 0.310. The molecular weight excluding hydrogens is 518 g/mol. The lowest BCUT2D eigenvalue weighted by Crippen LogP contribution is -2.52. The first kappa shape index (κ1) is 29.5. The average molecular weight is 554 g/mol. The molecule has 0 aliphatic heterocycles. The Hall–Kier alpha value is -4.05. The molecule has 0 saturated heterocycles. The number of rotatable bonds is 13. The molecule has 0 bridgehead atoms. The molecule has 0 fully saturated rings. The van der Waals surface area contributed by atoms with Crippen LogP contribution in [0.4, 0.5) is 5.69 Å². The monoisotopic (exact) mass is 553 g/mol. The number of nitrogens with one attached hydrogen (secondary N) is 1. The molecule has 0 radical (unpaired) electrons. The Morgan fingerprint density at radius 1 is 0.897 bits per heavy atom. The minimum Gasteiger partial charge on any atom is -0.497 e. The maximum atomic E-state index is 14.0. The summed E-state index contributed by atoms with van der Waals surface area (Å²) in [5.74, 6) is -0.211. The standard InChI is InChI=1S/C29H35N3O6S/c1-5-25(29(34)30-6-2)31(20-22-13-9-7-10-14-22)28(33)21-32(39(35,36)24-15-11-8-12-16-24)26-19-23(37-3)17-18-27(26)38-4/h7-19,25H,5-6,20-21H2,1-4H3,(H,30,34). The van der Waals surface area contributed by atoms with Crippen LogP contribution in [0.3, 0.4) is 0 Å². The third-order valence-corrected chi connectivity index (χ3v) is 7.97. The number of hydrogen-bond acceptors (Lipinski definition) is 6. The lowest BCUT2D eigenvalue weighted by molar-refractivity contribution is -0.140. The Balaban J connectivity index is 2.13. The van der Waals surface area contributed by atoms with Crippen LogP contribution in [0.25, 0.3) is 0 Å². The van der Waals surface area contributed by atoms with Gasteiger partial charge >= 0.3 is 0 Å². The molecule has 39 heavy (non-hydrogen) atoms. The number of benzene rings is 3. The van der Waals surface area contributed by atoms with E-state index in [2.05, 4.69) is 5.32 Å². The summed E-state index contributed by atoms with van der Waals surface area (Å²) in [5.41, 5.74) is 0.949. The van der Waals surface area contributed by atoms with Crippen molar-refractivity contribution in [3.05, 3.63) is 84.4 Å². The third kappa shape index (κ3) is 7.08. The molecule has 0 aromatic heterocycles. The molecular formula is C29H35N3O6S. The van der Waals surface area contributed by atoms with Gasteiger partial charge in [0, 0.05) is 19.2 Å². The molecule has 1 N–H and O–H groups in total. The third-order valence-electron chi connectivity index (χ3n) is 6.20. The predicted octanol–water partition coefficient (Wildman–Crippen LogP) is 3.84. The van der Waals surface area contributed by atoms with Crippen LogP contribution in [-0.2, 0) is 26.2 Å². The number of carbonyl (C=O) groups excluding carboxylic acids is 2. The van der Waals surface area contributed by atoms with E-state index in [-0.39, 0.29) is 28.8 Å². The molecule has 2 amide bonds. The summed E-state index contributed by atoms with van der Waals surface area (Å²) in [6, 6.07) is 21.0. The van der Waals surface area contributed by atoms with Gasteiger partial charge in [0.1, 0.15) is 24.1 Å². The van der Waals surface area contributed by atoms with Gasteiger partial charge in [-0.2, -0.15) is 0 Å². The van der Waals surface area contributed by atoms with Gasteiger partial charge in [-0.25, -0.2) is 8.42 Å². The summed E-state index contributed by atoms with van der Waals surface area (Å²) in [4.78, 5) is 28.5. The van der Waals surface area contributed by atoms with E-state index in [9.17, 15) is 18.0 Å². The van der Waals surface area contributed by atoms with Crippen molar-refractivity contribution in [3.8, 4) is 11.5 Å². The van der Waals surface area contributed by atoms with E-state index >= 15 is 0 Å². The van der Waals surface area contributed by atoms with E-state index < -0.39 is 28.5 Å². The van der Waals surface area contributed by atoms with E-state index in [1.165, 1.54) is 37.3 Å². The first-order chi connectivity index (χ1) is 18.8. The largest absolute Gasteiger partial charge is 0.497 e. The highest BCUT2D eigenvalue weighted by molar-refractivity contribution is 7.92. The van der Waals surface area contributed by atoms with Gasteiger partial charge in [0.15, 0.2) is 0 Å². The number of ether oxygens (including phenoxy) is 2. The Morgan fingerprint density at radius 3 is 2.10 bits per heavy atom. The van der Waals surface area contributed by atoms with Crippen LogP contribution in [0.2, 0.25) is 0 Å². The number of amides is 2. The Kier molecular flexibility index (Phi) is 10.3. The fourth-order valence-electron chi connectivity index (χ4n) is 4.22. The quantitative estimate of drug-likeness (QED) is 0.345. The van der Waals surface area contributed by atoms with Crippen molar-refractivity contribution >= 4 is 27.5 Å². The summed E-state index contributed by atoms with van der Waals surface area (Å²) >= 11 is 0.